The van der Waals surface area contributed by atoms with Crippen molar-refractivity contribution in [3.63, 3.8) is 0 Å². The van der Waals surface area contributed by atoms with E-state index in [0.717, 1.165) is 51.4 Å². The van der Waals surface area contributed by atoms with Crippen LogP contribution in [0, 0.1) is 0 Å². The Hall–Kier alpha value is -1.02. The molecule has 0 heterocycles. The molecule has 0 radical (unpaired) electrons. The predicted molar refractivity (Wildman–Crippen MR) is 167 cm³/mol. The van der Waals surface area contributed by atoms with Gasteiger partial charge in [0.1, 0.15) is 19.3 Å². The minimum atomic E-state index is -4.49. The van der Waals surface area contributed by atoms with Gasteiger partial charge in [-0.25, -0.2) is 0 Å². The van der Waals surface area contributed by atoms with Gasteiger partial charge in [0.05, 0.1) is 34.4 Å². The van der Waals surface area contributed by atoms with Gasteiger partial charge in [0.15, 0.2) is 0 Å². The van der Waals surface area contributed by atoms with E-state index in [1.165, 1.54) is 44.9 Å². The monoisotopic (exact) mass is 603 g/mol. The molecule has 242 valence electrons. The van der Waals surface area contributed by atoms with Crippen molar-refractivity contribution < 1.29 is 37.3 Å². The molecule has 2 atom stereocenters. The normalized spacial score (nSPS) is 14.6. The number of phosphoric acid groups is 1. The van der Waals surface area contributed by atoms with Crippen LogP contribution in [0.2, 0.25) is 0 Å². The van der Waals surface area contributed by atoms with Crippen LogP contribution in [0.15, 0.2) is 24.3 Å². The molecule has 0 aliphatic heterocycles. The fourth-order valence-electron chi connectivity index (χ4n) is 3.93. The van der Waals surface area contributed by atoms with Crippen LogP contribution in [0.5, 0.6) is 0 Å². The average molecular weight is 604 g/mol. The topological polar surface area (TPSA) is 94.1 Å². The fourth-order valence-corrected chi connectivity index (χ4v) is 4.65. The van der Waals surface area contributed by atoms with Crippen molar-refractivity contribution in [2.45, 2.75) is 123 Å². The molecule has 9 heteroatoms. The first kappa shape index (κ1) is 40.0. The SMILES string of the molecule is CCCCC/C=C\C/C=C\CCCCCCCCOCC(COP(=O)([O-])OCC[N+](C)(C)C)OC(=O)CCCCC. The van der Waals surface area contributed by atoms with Crippen molar-refractivity contribution >= 4 is 13.8 Å². The molecule has 8 nitrogen and oxygen atoms in total. The van der Waals surface area contributed by atoms with E-state index in [0.29, 0.717) is 24.1 Å². The van der Waals surface area contributed by atoms with Gasteiger partial charge in [-0.2, -0.15) is 0 Å². The number of hydrogen-bond acceptors (Lipinski definition) is 7. The van der Waals surface area contributed by atoms with Crippen LogP contribution in [0.1, 0.15) is 117 Å². The van der Waals surface area contributed by atoms with Crippen molar-refractivity contribution in [1.29, 1.82) is 0 Å². The van der Waals surface area contributed by atoms with Gasteiger partial charge in [0.25, 0.3) is 7.82 Å². The van der Waals surface area contributed by atoms with Crippen LogP contribution in [0.3, 0.4) is 0 Å². The Labute approximate surface area is 252 Å². The quantitative estimate of drug-likeness (QED) is 0.0287. The van der Waals surface area contributed by atoms with E-state index < -0.39 is 13.9 Å². The number of phosphoric ester groups is 1. The smallest absolute Gasteiger partial charge is 0.306 e. The maximum atomic E-state index is 12.2. The molecule has 0 N–H and O–H groups in total. The fraction of sp³-hybridized carbons (Fsp3) is 0.844. The van der Waals surface area contributed by atoms with Crippen LogP contribution < -0.4 is 4.89 Å². The van der Waals surface area contributed by atoms with Crippen molar-refractivity contribution in [2.24, 2.45) is 0 Å². The molecule has 0 spiro atoms. The molecule has 41 heavy (non-hydrogen) atoms. The highest BCUT2D eigenvalue weighted by Gasteiger charge is 2.20. The van der Waals surface area contributed by atoms with Crippen LogP contribution in [-0.4, -0.2) is 70.7 Å². The second kappa shape index (κ2) is 26.6. The number of unbranched alkanes of at least 4 members (excludes halogenated alkanes) is 11. The molecular formula is C32H62NO7P. The van der Waals surface area contributed by atoms with Gasteiger partial charge in [-0.1, -0.05) is 89.5 Å². The number of likely N-dealkylation sites (N-methyl/N-ethyl adjacent to an activating group) is 1. The van der Waals surface area contributed by atoms with Gasteiger partial charge in [-0.3, -0.25) is 9.36 Å². The summed E-state index contributed by atoms with van der Waals surface area (Å²) in [5.41, 5.74) is 0. The molecule has 0 aromatic rings. The Morgan fingerprint density at radius 3 is 1.98 bits per heavy atom. The Balaban J connectivity index is 4.12. The lowest BCUT2D eigenvalue weighted by molar-refractivity contribution is -0.870. The summed E-state index contributed by atoms with van der Waals surface area (Å²) in [6, 6.07) is 0. The Morgan fingerprint density at radius 1 is 0.756 bits per heavy atom. The van der Waals surface area contributed by atoms with Gasteiger partial charge in [-0.15, -0.1) is 0 Å². The number of rotatable bonds is 29. The molecule has 2 unspecified atom stereocenters. The van der Waals surface area contributed by atoms with Crippen LogP contribution in [-0.2, 0) is 27.9 Å². The molecule has 0 bridgehead atoms. The molecule has 0 rings (SSSR count). The number of quaternary nitrogens is 1. The summed E-state index contributed by atoms with van der Waals surface area (Å²) in [6.45, 7) is 5.16. The highest BCUT2D eigenvalue weighted by molar-refractivity contribution is 7.45. The third-order valence-corrected chi connectivity index (χ3v) is 7.47. The third-order valence-electron chi connectivity index (χ3n) is 6.51. The summed E-state index contributed by atoms with van der Waals surface area (Å²) in [5, 5.41) is 0. The zero-order valence-electron chi connectivity index (χ0n) is 27.0. The first-order valence-corrected chi connectivity index (χ1v) is 17.5. The molecule has 0 aromatic carbocycles. The maximum Gasteiger partial charge on any atom is 0.306 e. The summed E-state index contributed by atoms with van der Waals surface area (Å²) < 4.78 is 33.9. The van der Waals surface area contributed by atoms with Gasteiger partial charge < -0.3 is 27.9 Å². The number of hydrogen-bond donors (Lipinski definition) is 0. The molecular weight excluding hydrogens is 541 g/mol. The summed E-state index contributed by atoms with van der Waals surface area (Å²) in [7, 11) is 1.34. The van der Waals surface area contributed by atoms with E-state index in [9.17, 15) is 14.3 Å². The van der Waals surface area contributed by atoms with Crippen LogP contribution in [0.4, 0.5) is 0 Å². The van der Waals surface area contributed by atoms with E-state index in [-0.39, 0.29) is 25.8 Å². The number of carbonyl (C=O) groups is 1. The van der Waals surface area contributed by atoms with E-state index in [1.54, 1.807) is 0 Å². The summed E-state index contributed by atoms with van der Waals surface area (Å²) in [4.78, 5) is 24.4. The number of esters is 1. The zero-order valence-corrected chi connectivity index (χ0v) is 27.9. The van der Waals surface area contributed by atoms with E-state index in [1.807, 2.05) is 21.1 Å². The lowest BCUT2D eigenvalue weighted by Crippen LogP contribution is -2.37. The minimum absolute atomic E-state index is 0.0236. The van der Waals surface area contributed by atoms with Gasteiger partial charge >= 0.3 is 5.97 Å². The first-order chi connectivity index (χ1) is 19.6. The standard InChI is InChI=1S/C32H62NO7P/c1-6-8-10-11-12-13-14-15-16-17-18-19-20-21-22-24-27-37-29-31(40-32(34)25-23-9-7-2)30-39-41(35,36)38-28-26-33(3,4)5/h12-13,15-16,31H,6-11,14,17-30H2,1-5H3/b13-12-,16-15-. The van der Waals surface area contributed by atoms with Crippen molar-refractivity contribution in [2.75, 3.05) is 54.1 Å². The van der Waals surface area contributed by atoms with Crippen LogP contribution >= 0.6 is 7.82 Å². The van der Waals surface area contributed by atoms with E-state index >= 15 is 0 Å². The number of allylic oxidation sites excluding steroid dienone is 4. The lowest BCUT2D eigenvalue weighted by atomic mass is 10.1. The molecule has 0 fully saturated rings. The van der Waals surface area contributed by atoms with Crippen LogP contribution in [0.25, 0.3) is 0 Å². The van der Waals surface area contributed by atoms with Gasteiger partial charge in [0, 0.05) is 13.0 Å². The van der Waals surface area contributed by atoms with Crippen molar-refractivity contribution in [3.8, 4) is 0 Å². The summed E-state index contributed by atoms with van der Waals surface area (Å²) >= 11 is 0. The molecule has 0 amide bonds. The van der Waals surface area contributed by atoms with Crippen molar-refractivity contribution in [1.82, 2.24) is 0 Å². The van der Waals surface area contributed by atoms with Gasteiger partial charge in [-0.05, 0) is 44.9 Å². The number of nitrogens with zero attached hydrogens (tertiary/aromatic N) is 1. The predicted octanol–water partition coefficient (Wildman–Crippen LogP) is 7.52. The second-order valence-electron chi connectivity index (χ2n) is 11.8. The molecule has 0 aliphatic rings. The molecule has 0 saturated heterocycles. The number of ether oxygens (including phenoxy) is 2. The maximum absolute atomic E-state index is 12.2. The zero-order chi connectivity index (χ0) is 30.7. The van der Waals surface area contributed by atoms with Gasteiger partial charge in [0.2, 0.25) is 0 Å². The van der Waals surface area contributed by atoms with E-state index in [4.69, 9.17) is 18.5 Å². The Morgan fingerprint density at radius 2 is 1.34 bits per heavy atom. The highest BCUT2D eigenvalue weighted by Crippen LogP contribution is 2.38. The largest absolute Gasteiger partial charge is 0.756 e. The second-order valence-corrected chi connectivity index (χ2v) is 13.2. The molecule has 0 aliphatic carbocycles. The summed E-state index contributed by atoms with van der Waals surface area (Å²) in [6.07, 6.45) is 25.4. The van der Waals surface area contributed by atoms with E-state index in [2.05, 4.69) is 38.2 Å². The summed E-state index contributed by atoms with van der Waals surface area (Å²) in [5.74, 6) is -0.365. The number of carbonyl (C=O) groups excluding carboxylic acids is 1. The molecule has 0 aromatic heterocycles. The first-order valence-electron chi connectivity index (χ1n) is 16.1. The molecule has 0 saturated carbocycles. The Bertz CT molecular complexity index is 721. The third kappa shape index (κ3) is 30.2. The average Bonchev–Trinajstić information content (AvgIpc) is 2.90. The minimum Gasteiger partial charge on any atom is -0.756 e. The lowest BCUT2D eigenvalue weighted by Gasteiger charge is -2.28. The van der Waals surface area contributed by atoms with Crippen molar-refractivity contribution in [3.05, 3.63) is 24.3 Å². The highest BCUT2D eigenvalue weighted by atomic mass is 31.2. The Kier molecular flexibility index (Phi) is 25.9.